The fourth-order valence-corrected chi connectivity index (χ4v) is 3.93. The van der Waals surface area contributed by atoms with E-state index in [4.69, 9.17) is 0 Å². The minimum Gasteiger partial charge on any atom is -0.334 e. The van der Waals surface area contributed by atoms with E-state index >= 15 is 0 Å². The number of hydrogen-bond acceptors (Lipinski definition) is 4. The first-order valence-corrected chi connectivity index (χ1v) is 9.02. The number of thiophene rings is 1. The van der Waals surface area contributed by atoms with E-state index in [-0.39, 0.29) is 18.5 Å². The van der Waals surface area contributed by atoms with Crippen molar-refractivity contribution in [2.24, 2.45) is 0 Å². The SMILES string of the molecule is O=C(Cn1cc(-c2ccccc2)nn1)N1CCC[C@@H]1c1ccsc1. The Morgan fingerprint density at radius 2 is 2.12 bits per heavy atom. The Hall–Kier alpha value is -2.47. The molecular formula is C18H18N4OS. The summed E-state index contributed by atoms with van der Waals surface area (Å²) < 4.78 is 1.63. The molecule has 1 aromatic carbocycles. The van der Waals surface area contributed by atoms with E-state index in [2.05, 4.69) is 27.1 Å². The van der Waals surface area contributed by atoms with Crippen molar-refractivity contribution in [2.45, 2.75) is 25.4 Å². The molecule has 4 rings (SSSR count). The average Bonchev–Trinajstić information content (AvgIpc) is 3.36. The molecule has 5 nitrogen and oxygen atoms in total. The van der Waals surface area contributed by atoms with Crippen molar-refractivity contribution in [3.8, 4) is 11.3 Å². The summed E-state index contributed by atoms with van der Waals surface area (Å²) in [4.78, 5) is 14.7. The second-order valence-corrected chi connectivity index (χ2v) is 6.75. The molecule has 0 N–H and O–H groups in total. The molecule has 24 heavy (non-hydrogen) atoms. The normalized spacial score (nSPS) is 17.3. The molecule has 0 radical (unpaired) electrons. The zero-order chi connectivity index (χ0) is 16.4. The molecule has 1 fully saturated rings. The number of benzene rings is 1. The molecule has 0 aliphatic carbocycles. The lowest BCUT2D eigenvalue weighted by atomic mass is 10.1. The van der Waals surface area contributed by atoms with Gasteiger partial charge in [0.05, 0.1) is 12.2 Å². The second-order valence-electron chi connectivity index (χ2n) is 5.97. The molecule has 1 aliphatic heterocycles. The molecule has 6 heteroatoms. The summed E-state index contributed by atoms with van der Waals surface area (Å²) in [5, 5.41) is 12.5. The van der Waals surface area contributed by atoms with E-state index in [9.17, 15) is 4.79 Å². The predicted octanol–water partition coefficient (Wildman–Crippen LogP) is 3.37. The van der Waals surface area contributed by atoms with E-state index in [1.54, 1.807) is 16.0 Å². The standard InChI is InChI=1S/C18H18N4OS/c23-18(22-9-4-7-17(22)15-8-10-24-13-15)12-21-11-16(19-20-21)14-5-2-1-3-6-14/h1-3,5-6,8,10-11,13,17H,4,7,9,12H2/t17-/m1/s1. The topological polar surface area (TPSA) is 51.0 Å². The Labute approximate surface area is 144 Å². The van der Waals surface area contributed by atoms with Gasteiger partial charge in [0.2, 0.25) is 5.91 Å². The van der Waals surface area contributed by atoms with Gasteiger partial charge in [-0.05, 0) is 35.2 Å². The van der Waals surface area contributed by atoms with Crippen molar-refractivity contribution in [3.63, 3.8) is 0 Å². The van der Waals surface area contributed by atoms with E-state index in [1.165, 1.54) is 5.56 Å². The zero-order valence-electron chi connectivity index (χ0n) is 13.2. The molecule has 2 aromatic heterocycles. The van der Waals surface area contributed by atoms with E-state index in [0.717, 1.165) is 30.6 Å². The number of likely N-dealkylation sites (tertiary alicyclic amines) is 1. The van der Waals surface area contributed by atoms with Crippen molar-refractivity contribution in [1.29, 1.82) is 0 Å². The fourth-order valence-electron chi connectivity index (χ4n) is 3.22. The Morgan fingerprint density at radius 1 is 1.25 bits per heavy atom. The van der Waals surface area contributed by atoms with Gasteiger partial charge in [0.15, 0.2) is 0 Å². The van der Waals surface area contributed by atoms with Gasteiger partial charge in [0, 0.05) is 12.1 Å². The third-order valence-corrected chi connectivity index (χ3v) is 5.11. The summed E-state index contributed by atoms with van der Waals surface area (Å²) in [5.74, 6) is 0.105. The van der Waals surface area contributed by atoms with Gasteiger partial charge in [0.25, 0.3) is 0 Å². The first-order chi connectivity index (χ1) is 11.8. The van der Waals surface area contributed by atoms with Gasteiger partial charge in [-0.15, -0.1) is 5.10 Å². The Bertz CT molecular complexity index is 813. The molecule has 1 atom stereocenters. The third-order valence-electron chi connectivity index (χ3n) is 4.41. The summed E-state index contributed by atoms with van der Waals surface area (Å²) in [6, 6.07) is 12.2. The molecule has 122 valence electrons. The number of nitrogens with zero attached hydrogens (tertiary/aromatic N) is 4. The molecule has 0 bridgehead atoms. The van der Waals surface area contributed by atoms with Gasteiger partial charge < -0.3 is 4.90 Å². The lowest BCUT2D eigenvalue weighted by Crippen LogP contribution is -2.33. The van der Waals surface area contributed by atoms with Crippen LogP contribution in [0.3, 0.4) is 0 Å². The van der Waals surface area contributed by atoms with Gasteiger partial charge in [-0.1, -0.05) is 35.5 Å². The lowest BCUT2D eigenvalue weighted by Gasteiger charge is -2.24. The molecule has 0 unspecified atom stereocenters. The average molecular weight is 338 g/mol. The maximum Gasteiger partial charge on any atom is 0.244 e. The summed E-state index contributed by atoms with van der Waals surface area (Å²) in [5.41, 5.74) is 3.04. The van der Waals surface area contributed by atoms with Gasteiger partial charge in [-0.2, -0.15) is 11.3 Å². The van der Waals surface area contributed by atoms with Crippen molar-refractivity contribution >= 4 is 17.2 Å². The zero-order valence-corrected chi connectivity index (χ0v) is 14.0. The van der Waals surface area contributed by atoms with Crippen molar-refractivity contribution < 1.29 is 4.79 Å². The first-order valence-electron chi connectivity index (χ1n) is 8.08. The minimum atomic E-state index is 0.105. The van der Waals surface area contributed by atoms with E-state index < -0.39 is 0 Å². The van der Waals surface area contributed by atoms with Gasteiger partial charge in [0.1, 0.15) is 12.2 Å². The number of carbonyl (C=O) groups is 1. The van der Waals surface area contributed by atoms with Crippen LogP contribution in [-0.4, -0.2) is 32.3 Å². The highest BCUT2D eigenvalue weighted by atomic mass is 32.1. The lowest BCUT2D eigenvalue weighted by molar-refractivity contribution is -0.133. The molecular weight excluding hydrogens is 320 g/mol. The Balaban J connectivity index is 1.47. The highest BCUT2D eigenvalue weighted by Gasteiger charge is 2.30. The molecule has 0 spiro atoms. The summed E-state index contributed by atoms with van der Waals surface area (Å²) >= 11 is 1.68. The molecule has 3 heterocycles. The van der Waals surface area contributed by atoms with Crippen LogP contribution in [0.25, 0.3) is 11.3 Å². The van der Waals surface area contributed by atoms with Crippen molar-refractivity contribution in [1.82, 2.24) is 19.9 Å². The van der Waals surface area contributed by atoms with Crippen LogP contribution in [-0.2, 0) is 11.3 Å². The van der Waals surface area contributed by atoms with E-state index in [0.29, 0.717) is 0 Å². The van der Waals surface area contributed by atoms with Crippen LogP contribution in [0.2, 0.25) is 0 Å². The maximum absolute atomic E-state index is 12.7. The van der Waals surface area contributed by atoms with Crippen LogP contribution < -0.4 is 0 Å². The van der Waals surface area contributed by atoms with Crippen LogP contribution in [0.4, 0.5) is 0 Å². The number of amides is 1. The number of carbonyl (C=O) groups excluding carboxylic acids is 1. The van der Waals surface area contributed by atoms with Crippen molar-refractivity contribution in [2.75, 3.05) is 6.54 Å². The third kappa shape index (κ3) is 2.97. The van der Waals surface area contributed by atoms with Crippen LogP contribution in [0.5, 0.6) is 0 Å². The molecule has 0 saturated carbocycles. The van der Waals surface area contributed by atoms with E-state index in [1.807, 2.05) is 41.4 Å². The number of rotatable bonds is 4. The minimum absolute atomic E-state index is 0.105. The monoisotopic (exact) mass is 338 g/mol. The molecule has 3 aromatic rings. The van der Waals surface area contributed by atoms with Crippen LogP contribution >= 0.6 is 11.3 Å². The maximum atomic E-state index is 12.7. The largest absolute Gasteiger partial charge is 0.334 e. The van der Waals surface area contributed by atoms with Crippen LogP contribution in [0.15, 0.2) is 53.4 Å². The Morgan fingerprint density at radius 3 is 2.92 bits per heavy atom. The Kier molecular flexibility index (Phi) is 4.13. The second kappa shape index (κ2) is 6.57. The molecule has 1 aliphatic rings. The molecule has 1 amide bonds. The predicted molar refractivity (Wildman–Crippen MR) is 93.5 cm³/mol. The highest BCUT2D eigenvalue weighted by molar-refractivity contribution is 7.07. The van der Waals surface area contributed by atoms with Crippen LogP contribution in [0.1, 0.15) is 24.4 Å². The first kappa shape index (κ1) is 15.1. The quantitative estimate of drug-likeness (QED) is 0.733. The number of aromatic nitrogens is 3. The van der Waals surface area contributed by atoms with Gasteiger partial charge >= 0.3 is 0 Å². The van der Waals surface area contributed by atoms with Crippen molar-refractivity contribution in [3.05, 3.63) is 58.9 Å². The smallest absolute Gasteiger partial charge is 0.244 e. The summed E-state index contributed by atoms with van der Waals surface area (Å²) in [7, 11) is 0. The number of hydrogen-bond donors (Lipinski definition) is 0. The van der Waals surface area contributed by atoms with Crippen LogP contribution in [0, 0.1) is 0 Å². The summed E-state index contributed by atoms with van der Waals surface area (Å²) in [6.07, 6.45) is 3.93. The summed E-state index contributed by atoms with van der Waals surface area (Å²) in [6.45, 7) is 1.06. The fraction of sp³-hybridized carbons (Fsp3) is 0.278. The van der Waals surface area contributed by atoms with Gasteiger partial charge in [-0.25, -0.2) is 4.68 Å². The highest BCUT2D eigenvalue weighted by Crippen LogP contribution is 2.33. The molecule has 1 saturated heterocycles. The van der Waals surface area contributed by atoms with Gasteiger partial charge in [-0.3, -0.25) is 4.79 Å².